The van der Waals surface area contributed by atoms with Gasteiger partial charge in [0.2, 0.25) is 0 Å². The fourth-order valence-corrected chi connectivity index (χ4v) is 2.12. The van der Waals surface area contributed by atoms with Crippen LogP contribution < -0.4 is 5.32 Å². The number of aromatic nitrogens is 1. The number of amides is 1. The van der Waals surface area contributed by atoms with Crippen LogP contribution in [0.5, 0.6) is 0 Å². The number of carbonyl (C=O) groups excluding carboxylic acids is 1. The predicted octanol–water partition coefficient (Wildman–Crippen LogP) is 2.48. The number of halogens is 1. The highest BCUT2D eigenvalue weighted by Crippen LogP contribution is 2.22. The van der Waals surface area contributed by atoms with Crippen LogP contribution in [0.15, 0.2) is 30.3 Å². The summed E-state index contributed by atoms with van der Waals surface area (Å²) >= 11 is 6.11. The van der Waals surface area contributed by atoms with Gasteiger partial charge in [-0.1, -0.05) is 29.8 Å². The van der Waals surface area contributed by atoms with Crippen LogP contribution in [0, 0.1) is 0 Å². The Kier molecular flexibility index (Phi) is 4.20. The summed E-state index contributed by atoms with van der Waals surface area (Å²) in [6.07, 6.45) is -0.146. The zero-order valence-electron chi connectivity index (χ0n) is 10.8. The fraction of sp³-hybridized carbons (Fsp3) is 0.214. The number of carboxylic acid groups (broad SMARTS) is 1. The van der Waals surface area contributed by atoms with E-state index in [9.17, 15) is 9.59 Å². The van der Waals surface area contributed by atoms with E-state index < -0.39 is 17.9 Å². The number of nitrogens with one attached hydrogen (secondary N) is 1. The predicted molar refractivity (Wildman–Crippen MR) is 75.9 cm³/mol. The number of para-hydroxylation sites is 1. The van der Waals surface area contributed by atoms with E-state index in [-0.39, 0.29) is 12.1 Å². The molecule has 104 valence electrons. The van der Waals surface area contributed by atoms with Crippen LogP contribution in [0.4, 0.5) is 0 Å². The van der Waals surface area contributed by atoms with Crippen LogP contribution in [-0.2, 0) is 4.79 Å². The van der Waals surface area contributed by atoms with E-state index in [4.69, 9.17) is 16.7 Å². The first-order chi connectivity index (χ1) is 9.47. The average Bonchev–Trinajstić information content (AvgIpc) is 2.37. The number of hydrogen-bond donors (Lipinski definition) is 2. The van der Waals surface area contributed by atoms with Crippen molar-refractivity contribution in [2.75, 3.05) is 0 Å². The molecule has 0 radical (unpaired) electrons. The zero-order valence-corrected chi connectivity index (χ0v) is 11.5. The van der Waals surface area contributed by atoms with Gasteiger partial charge in [-0.3, -0.25) is 9.59 Å². The second-order valence-corrected chi connectivity index (χ2v) is 4.89. The number of nitrogens with zero attached hydrogens (tertiary/aromatic N) is 1. The van der Waals surface area contributed by atoms with Crippen molar-refractivity contribution in [2.45, 2.75) is 19.4 Å². The molecule has 1 unspecified atom stereocenters. The van der Waals surface area contributed by atoms with Gasteiger partial charge in [-0.25, -0.2) is 4.98 Å². The fourth-order valence-electron chi connectivity index (χ4n) is 1.86. The number of carboxylic acids is 1. The van der Waals surface area contributed by atoms with E-state index in [0.717, 1.165) is 5.39 Å². The van der Waals surface area contributed by atoms with Gasteiger partial charge in [0.05, 0.1) is 17.0 Å². The molecule has 0 aliphatic carbocycles. The zero-order chi connectivity index (χ0) is 14.7. The minimum Gasteiger partial charge on any atom is -0.481 e. The van der Waals surface area contributed by atoms with Crippen molar-refractivity contribution < 1.29 is 14.7 Å². The topological polar surface area (TPSA) is 79.3 Å². The third kappa shape index (κ3) is 3.24. The van der Waals surface area contributed by atoms with E-state index in [2.05, 4.69) is 10.3 Å². The Hall–Kier alpha value is -2.14. The van der Waals surface area contributed by atoms with Crippen molar-refractivity contribution in [3.05, 3.63) is 41.0 Å². The Balaban J connectivity index is 2.24. The second kappa shape index (κ2) is 5.88. The van der Waals surface area contributed by atoms with Crippen LogP contribution in [0.1, 0.15) is 23.8 Å². The third-order valence-corrected chi connectivity index (χ3v) is 3.07. The molecule has 1 aromatic carbocycles. The van der Waals surface area contributed by atoms with Gasteiger partial charge in [-0.2, -0.15) is 0 Å². The molecule has 0 saturated heterocycles. The molecule has 0 saturated carbocycles. The van der Waals surface area contributed by atoms with E-state index in [1.54, 1.807) is 19.1 Å². The first-order valence-electron chi connectivity index (χ1n) is 6.05. The molecule has 0 aliphatic rings. The monoisotopic (exact) mass is 292 g/mol. The minimum absolute atomic E-state index is 0.146. The molecular formula is C14H13ClN2O3. The van der Waals surface area contributed by atoms with E-state index in [0.29, 0.717) is 10.5 Å². The number of carbonyl (C=O) groups is 2. The molecule has 2 aromatic rings. The SMILES string of the molecule is CC(CC(=O)O)NC(=O)c1cc(Cl)c2ccccc2n1. The van der Waals surface area contributed by atoms with Gasteiger partial charge in [0.1, 0.15) is 5.69 Å². The lowest BCUT2D eigenvalue weighted by Crippen LogP contribution is -2.34. The Bertz CT molecular complexity index is 673. The number of rotatable bonds is 4. The molecule has 0 fully saturated rings. The molecule has 2 N–H and O–H groups in total. The summed E-state index contributed by atoms with van der Waals surface area (Å²) in [6, 6.07) is 8.22. The molecule has 0 aliphatic heterocycles. The maximum atomic E-state index is 12.0. The molecule has 20 heavy (non-hydrogen) atoms. The lowest BCUT2D eigenvalue weighted by Gasteiger charge is -2.11. The largest absolute Gasteiger partial charge is 0.481 e. The van der Waals surface area contributed by atoms with E-state index >= 15 is 0 Å². The number of aliphatic carboxylic acids is 1. The van der Waals surface area contributed by atoms with Gasteiger partial charge < -0.3 is 10.4 Å². The summed E-state index contributed by atoms with van der Waals surface area (Å²) in [5, 5.41) is 12.4. The maximum absolute atomic E-state index is 12.0. The average molecular weight is 293 g/mol. The minimum atomic E-state index is -0.970. The smallest absolute Gasteiger partial charge is 0.305 e. The standard InChI is InChI=1S/C14H13ClN2O3/c1-8(6-13(18)19)16-14(20)12-7-10(15)9-4-2-3-5-11(9)17-12/h2-5,7-8H,6H2,1H3,(H,16,20)(H,18,19). The van der Waals surface area contributed by atoms with Crippen molar-refractivity contribution in [1.82, 2.24) is 10.3 Å². The van der Waals surface area contributed by atoms with Gasteiger partial charge in [-0.05, 0) is 19.1 Å². The lowest BCUT2D eigenvalue weighted by molar-refractivity contribution is -0.137. The molecule has 0 spiro atoms. The summed E-state index contributed by atoms with van der Waals surface area (Å²) in [7, 11) is 0. The maximum Gasteiger partial charge on any atom is 0.305 e. The molecule has 5 nitrogen and oxygen atoms in total. The molecule has 0 bridgehead atoms. The highest BCUT2D eigenvalue weighted by atomic mass is 35.5. The Morgan fingerprint density at radius 3 is 2.80 bits per heavy atom. The van der Waals surface area contributed by atoms with Gasteiger partial charge in [0.15, 0.2) is 0 Å². The molecule has 1 amide bonds. The number of pyridine rings is 1. The van der Waals surface area contributed by atoms with E-state index in [1.807, 2.05) is 12.1 Å². The molecule has 1 atom stereocenters. The number of fused-ring (bicyclic) bond motifs is 1. The normalized spacial score (nSPS) is 12.1. The molecule has 2 rings (SSSR count). The highest BCUT2D eigenvalue weighted by molar-refractivity contribution is 6.35. The number of benzene rings is 1. The molecule has 6 heteroatoms. The summed E-state index contributed by atoms with van der Waals surface area (Å²) in [4.78, 5) is 26.8. The molecule has 1 aromatic heterocycles. The van der Waals surface area contributed by atoms with Crippen molar-refractivity contribution >= 4 is 34.4 Å². The Morgan fingerprint density at radius 1 is 1.40 bits per heavy atom. The van der Waals surface area contributed by atoms with Crippen LogP contribution >= 0.6 is 11.6 Å². The quantitative estimate of drug-likeness (QED) is 0.907. The number of hydrogen-bond acceptors (Lipinski definition) is 3. The summed E-state index contributed by atoms with van der Waals surface area (Å²) in [5.74, 6) is -1.41. The Labute approximate surface area is 120 Å². The van der Waals surface area contributed by atoms with Crippen molar-refractivity contribution in [3.63, 3.8) is 0 Å². The van der Waals surface area contributed by atoms with E-state index in [1.165, 1.54) is 6.07 Å². The van der Waals surface area contributed by atoms with Crippen molar-refractivity contribution in [1.29, 1.82) is 0 Å². The molecular weight excluding hydrogens is 280 g/mol. The first-order valence-corrected chi connectivity index (χ1v) is 6.43. The molecule has 1 heterocycles. The second-order valence-electron chi connectivity index (χ2n) is 4.48. The van der Waals surface area contributed by atoms with Crippen LogP contribution in [0.3, 0.4) is 0 Å². The van der Waals surface area contributed by atoms with Crippen LogP contribution in [-0.4, -0.2) is 28.0 Å². The van der Waals surface area contributed by atoms with Gasteiger partial charge >= 0.3 is 5.97 Å². The highest BCUT2D eigenvalue weighted by Gasteiger charge is 2.15. The first kappa shape index (κ1) is 14.3. The summed E-state index contributed by atoms with van der Waals surface area (Å²) < 4.78 is 0. The van der Waals surface area contributed by atoms with Gasteiger partial charge in [0, 0.05) is 11.4 Å². The van der Waals surface area contributed by atoms with Crippen LogP contribution in [0.25, 0.3) is 10.9 Å². The summed E-state index contributed by atoms with van der Waals surface area (Å²) in [6.45, 7) is 1.62. The van der Waals surface area contributed by atoms with Crippen LogP contribution in [0.2, 0.25) is 5.02 Å². The summed E-state index contributed by atoms with van der Waals surface area (Å²) in [5.41, 5.74) is 0.793. The van der Waals surface area contributed by atoms with Crippen molar-refractivity contribution in [3.8, 4) is 0 Å². The van der Waals surface area contributed by atoms with Gasteiger partial charge in [-0.15, -0.1) is 0 Å². The third-order valence-electron chi connectivity index (χ3n) is 2.76. The lowest BCUT2D eigenvalue weighted by atomic mass is 10.2. The van der Waals surface area contributed by atoms with Gasteiger partial charge in [0.25, 0.3) is 5.91 Å². The Morgan fingerprint density at radius 2 is 2.10 bits per heavy atom. The van der Waals surface area contributed by atoms with Crippen molar-refractivity contribution in [2.24, 2.45) is 0 Å².